The average Bonchev–Trinajstić information content (AvgIpc) is 3.04. The number of carbonyl (C=O) groups is 1. The molecule has 0 saturated carbocycles. The number of nitrogens with one attached hydrogen (secondary N) is 1. The summed E-state index contributed by atoms with van der Waals surface area (Å²) in [5.74, 6) is 0.809. The second kappa shape index (κ2) is 8.78. The van der Waals surface area contributed by atoms with E-state index in [1.54, 1.807) is 12.1 Å². The third-order valence-corrected chi connectivity index (χ3v) is 5.34. The highest BCUT2D eigenvalue weighted by Crippen LogP contribution is 2.34. The molecule has 27 heavy (non-hydrogen) atoms. The third kappa shape index (κ3) is 4.46. The molecule has 3 rings (SSSR count). The van der Waals surface area contributed by atoms with Gasteiger partial charge in [-0.2, -0.15) is 0 Å². The Morgan fingerprint density at radius 2 is 1.96 bits per heavy atom. The van der Waals surface area contributed by atoms with Gasteiger partial charge in [0, 0.05) is 17.1 Å². The van der Waals surface area contributed by atoms with Gasteiger partial charge in [-0.15, -0.1) is 10.2 Å². The van der Waals surface area contributed by atoms with Crippen molar-refractivity contribution in [3.8, 4) is 17.1 Å². The number of aryl methyl sites for hydroxylation is 1. The van der Waals surface area contributed by atoms with E-state index in [0.717, 1.165) is 16.8 Å². The molecule has 1 amide bonds. The number of rotatable bonds is 6. The van der Waals surface area contributed by atoms with Gasteiger partial charge in [0.1, 0.15) is 0 Å². The second-order valence-corrected chi connectivity index (χ2v) is 7.58. The van der Waals surface area contributed by atoms with Gasteiger partial charge in [0.05, 0.1) is 16.5 Å². The first-order valence-corrected chi connectivity index (χ1v) is 10.1. The monoisotopic (exact) mass is 420 g/mol. The van der Waals surface area contributed by atoms with Crippen LogP contribution in [0.15, 0.2) is 47.6 Å². The van der Waals surface area contributed by atoms with Gasteiger partial charge in [-0.25, -0.2) is 0 Å². The first kappa shape index (κ1) is 19.7. The highest BCUT2D eigenvalue weighted by atomic mass is 35.5. The van der Waals surface area contributed by atoms with E-state index in [2.05, 4.69) is 15.5 Å². The molecule has 0 bridgehead atoms. The van der Waals surface area contributed by atoms with Gasteiger partial charge in [0.15, 0.2) is 11.0 Å². The van der Waals surface area contributed by atoms with Gasteiger partial charge in [-0.05, 0) is 43.7 Å². The van der Waals surface area contributed by atoms with Crippen molar-refractivity contribution < 1.29 is 4.79 Å². The van der Waals surface area contributed by atoms with Crippen LogP contribution in [0.2, 0.25) is 10.0 Å². The summed E-state index contributed by atoms with van der Waals surface area (Å²) >= 11 is 13.8. The zero-order valence-electron chi connectivity index (χ0n) is 14.9. The van der Waals surface area contributed by atoms with Crippen molar-refractivity contribution >= 4 is 40.9 Å². The minimum Gasteiger partial charge on any atom is -0.356 e. The van der Waals surface area contributed by atoms with Crippen molar-refractivity contribution in [2.75, 3.05) is 12.3 Å². The highest BCUT2D eigenvalue weighted by molar-refractivity contribution is 7.99. The molecular formula is C19H18Cl2N4OS. The molecule has 2 aromatic carbocycles. The summed E-state index contributed by atoms with van der Waals surface area (Å²) in [6.45, 7) is 4.50. The predicted molar refractivity (Wildman–Crippen MR) is 111 cm³/mol. The summed E-state index contributed by atoms with van der Waals surface area (Å²) in [5, 5.41) is 13.1. The van der Waals surface area contributed by atoms with E-state index in [1.807, 2.05) is 48.7 Å². The normalized spacial score (nSPS) is 10.8. The summed E-state index contributed by atoms with van der Waals surface area (Å²) in [6, 6.07) is 13.2. The van der Waals surface area contributed by atoms with Crippen LogP contribution < -0.4 is 5.32 Å². The SMILES string of the molecule is CCNC(=O)CSc1nnc(-c2ccc(Cl)cc2Cl)n1-c1ccccc1C. The standard InChI is InChI=1S/C19H18Cl2N4OS/c1-3-22-17(26)11-27-19-24-23-18(14-9-8-13(20)10-15(14)21)25(19)16-7-5-4-6-12(16)2/h4-10H,3,11H2,1-2H3,(H,22,26). The Labute approximate surface area is 172 Å². The Morgan fingerprint density at radius 1 is 1.19 bits per heavy atom. The molecule has 0 fully saturated rings. The average molecular weight is 421 g/mol. The van der Waals surface area contributed by atoms with Gasteiger partial charge in [-0.3, -0.25) is 9.36 Å². The number of nitrogens with zero attached hydrogens (tertiary/aromatic N) is 3. The van der Waals surface area contributed by atoms with Gasteiger partial charge < -0.3 is 5.32 Å². The molecule has 140 valence electrons. The fraction of sp³-hybridized carbons (Fsp3) is 0.211. The first-order valence-electron chi connectivity index (χ1n) is 8.37. The van der Waals surface area contributed by atoms with Crippen molar-refractivity contribution in [3.05, 3.63) is 58.1 Å². The molecule has 0 radical (unpaired) electrons. The highest BCUT2D eigenvalue weighted by Gasteiger charge is 2.20. The van der Waals surface area contributed by atoms with E-state index in [0.29, 0.717) is 27.6 Å². The molecule has 0 saturated heterocycles. The van der Waals surface area contributed by atoms with Crippen molar-refractivity contribution in [2.24, 2.45) is 0 Å². The van der Waals surface area contributed by atoms with E-state index in [1.165, 1.54) is 11.8 Å². The minimum absolute atomic E-state index is 0.0482. The summed E-state index contributed by atoms with van der Waals surface area (Å²) < 4.78 is 1.92. The van der Waals surface area contributed by atoms with Crippen LogP contribution in [0.4, 0.5) is 0 Å². The third-order valence-electron chi connectivity index (χ3n) is 3.87. The van der Waals surface area contributed by atoms with Crippen LogP contribution in [0.5, 0.6) is 0 Å². The molecule has 5 nitrogen and oxygen atoms in total. The Kier molecular flexibility index (Phi) is 6.42. The smallest absolute Gasteiger partial charge is 0.230 e. The van der Waals surface area contributed by atoms with Gasteiger partial charge in [0.2, 0.25) is 5.91 Å². The van der Waals surface area contributed by atoms with Crippen LogP contribution in [0.25, 0.3) is 17.1 Å². The number of benzene rings is 2. The van der Waals surface area contributed by atoms with Crippen LogP contribution >= 0.6 is 35.0 Å². The van der Waals surface area contributed by atoms with Gasteiger partial charge in [-0.1, -0.05) is 53.2 Å². The molecular weight excluding hydrogens is 403 g/mol. The summed E-state index contributed by atoms with van der Waals surface area (Å²) in [7, 11) is 0. The van der Waals surface area contributed by atoms with Crippen LogP contribution in [-0.4, -0.2) is 33.0 Å². The number of amides is 1. The lowest BCUT2D eigenvalue weighted by Crippen LogP contribution is -2.24. The Balaban J connectivity index is 2.09. The van der Waals surface area contributed by atoms with Gasteiger partial charge >= 0.3 is 0 Å². The lowest BCUT2D eigenvalue weighted by atomic mass is 10.1. The molecule has 3 aromatic rings. The summed E-state index contributed by atoms with van der Waals surface area (Å²) in [4.78, 5) is 11.9. The summed E-state index contributed by atoms with van der Waals surface area (Å²) in [5.41, 5.74) is 2.71. The maximum Gasteiger partial charge on any atom is 0.230 e. The summed E-state index contributed by atoms with van der Waals surface area (Å²) in [6.07, 6.45) is 0. The van der Waals surface area contributed by atoms with Crippen LogP contribution in [0.3, 0.4) is 0 Å². The molecule has 0 spiro atoms. The molecule has 0 aliphatic carbocycles. The van der Waals surface area contributed by atoms with Crippen molar-refractivity contribution in [1.29, 1.82) is 0 Å². The fourth-order valence-corrected chi connectivity index (χ4v) is 3.89. The number of para-hydroxylation sites is 1. The van der Waals surface area contributed by atoms with E-state index in [4.69, 9.17) is 23.2 Å². The second-order valence-electron chi connectivity index (χ2n) is 5.79. The molecule has 1 heterocycles. The Bertz CT molecular complexity index is 974. The molecule has 1 N–H and O–H groups in total. The quantitative estimate of drug-likeness (QED) is 0.582. The maximum absolute atomic E-state index is 11.9. The number of hydrogen-bond donors (Lipinski definition) is 1. The molecule has 1 aromatic heterocycles. The van der Waals surface area contributed by atoms with E-state index in [-0.39, 0.29) is 11.7 Å². The van der Waals surface area contributed by atoms with E-state index < -0.39 is 0 Å². The van der Waals surface area contributed by atoms with Gasteiger partial charge in [0.25, 0.3) is 0 Å². The molecule has 0 aliphatic rings. The van der Waals surface area contributed by atoms with E-state index in [9.17, 15) is 4.79 Å². The van der Waals surface area contributed by atoms with Crippen molar-refractivity contribution in [1.82, 2.24) is 20.1 Å². The maximum atomic E-state index is 11.9. The fourth-order valence-electron chi connectivity index (χ4n) is 2.62. The molecule has 8 heteroatoms. The largest absolute Gasteiger partial charge is 0.356 e. The number of thioether (sulfide) groups is 1. The molecule has 0 unspecified atom stereocenters. The Morgan fingerprint density at radius 3 is 2.67 bits per heavy atom. The topological polar surface area (TPSA) is 59.8 Å². The molecule has 0 atom stereocenters. The van der Waals surface area contributed by atoms with Crippen LogP contribution in [-0.2, 0) is 4.79 Å². The zero-order valence-corrected chi connectivity index (χ0v) is 17.2. The first-order chi connectivity index (χ1) is 13.0. The zero-order chi connectivity index (χ0) is 19.4. The predicted octanol–water partition coefficient (Wildman–Crippen LogP) is 4.78. The number of carbonyl (C=O) groups excluding carboxylic acids is 1. The molecule has 0 aliphatic heterocycles. The van der Waals surface area contributed by atoms with Crippen LogP contribution in [0, 0.1) is 6.92 Å². The van der Waals surface area contributed by atoms with E-state index >= 15 is 0 Å². The lowest BCUT2D eigenvalue weighted by Gasteiger charge is -2.13. The number of aromatic nitrogens is 3. The Hall–Kier alpha value is -2.02. The van der Waals surface area contributed by atoms with Crippen molar-refractivity contribution in [3.63, 3.8) is 0 Å². The van der Waals surface area contributed by atoms with Crippen molar-refractivity contribution in [2.45, 2.75) is 19.0 Å². The van der Waals surface area contributed by atoms with Crippen LogP contribution in [0.1, 0.15) is 12.5 Å². The number of hydrogen-bond acceptors (Lipinski definition) is 4. The number of halogens is 2. The lowest BCUT2D eigenvalue weighted by molar-refractivity contribution is -0.118. The minimum atomic E-state index is -0.0482.